The van der Waals surface area contributed by atoms with Crippen LogP contribution in [0.1, 0.15) is 61.8 Å². The lowest BCUT2D eigenvalue weighted by molar-refractivity contribution is 0.252. The maximum Gasteiger partial charge on any atom is 0.320 e. The minimum atomic E-state index is -0.243. The van der Waals surface area contributed by atoms with Gasteiger partial charge >= 0.3 is 6.03 Å². The topological polar surface area (TPSA) is 89.7 Å². The molecule has 0 bridgehead atoms. The van der Waals surface area contributed by atoms with Crippen LogP contribution in [0.4, 0.5) is 10.6 Å². The summed E-state index contributed by atoms with van der Waals surface area (Å²) in [5.41, 5.74) is 2.45. The van der Waals surface area contributed by atoms with E-state index < -0.39 is 0 Å². The molecular weight excluding hydrogens is 390 g/mol. The normalized spacial score (nSPS) is 13.6. The Kier molecular flexibility index (Phi) is 6.64. The van der Waals surface area contributed by atoms with E-state index in [9.17, 15) is 4.79 Å². The summed E-state index contributed by atoms with van der Waals surface area (Å²) in [4.78, 5) is 12.4. The van der Waals surface area contributed by atoms with Crippen LogP contribution in [0.5, 0.6) is 0 Å². The highest BCUT2D eigenvalue weighted by molar-refractivity contribution is 5.88. The third kappa shape index (κ3) is 5.31. The van der Waals surface area contributed by atoms with Crippen LogP contribution in [0.15, 0.2) is 36.5 Å². The number of hydrogen-bond donors (Lipinski definition) is 2. The van der Waals surface area contributed by atoms with Crippen molar-refractivity contribution in [1.29, 1.82) is 0 Å². The summed E-state index contributed by atoms with van der Waals surface area (Å²) in [5, 5.41) is 18.8. The fourth-order valence-corrected chi connectivity index (χ4v) is 3.92. The number of nitrogens with one attached hydrogen (secondary N) is 2. The van der Waals surface area contributed by atoms with Crippen molar-refractivity contribution in [2.75, 3.05) is 11.9 Å². The first-order valence-corrected chi connectivity index (χ1v) is 11.2. The lowest BCUT2D eigenvalue weighted by Crippen LogP contribution is -2.32. The van der Waals surface area contributed by atoms with Gasteiger partial charge in [0.25, 0.3) is 0 Å². The zero-order chi connectivity index (χ0) is 21.6. The molecule has 3 heterocycles. The Bertz CT molecular complexity index is 1000. The summed E-state index contributed by atoms with van der Waals surface area (Å²) < 4.78 is 4.01. The Morgan fingerprint density at radius 1 is 1.10 bits per heavy atom. The van der Waals surface area contributed by atoms with Crippen molar-refractivity contribution >= 4 is 11.8 Å². The van der Waals surface area contributed by atoms with Crippen molar-refractivity contribution in [3.05, 3.63) is 59.3 Å². The van der Waals surface area contributed by atoms with Crippen LogP contribution in [0.3, 0.4) is 0 Å². The Morgan fingerprint density at radius 3 is 2.74 bits per heavy atom. The molecule has 164 valence electrons. The van der Waals surface area contributed by atoms with E-state index in [0.29, 0.717) is 31.2 Å². The van der Waals surface area contributed by atoms with E-state index >= 15 is 0 Å². The SMILES string of the molecule is CC(C)c1ccc(Cn2nccc2NC(=O)NCCc2nnc3n2CCCCC3)cc1. The van der Waals surface area contributed by atoms with E-state index in [1.165, 1.54) is 18.4 Å². The number of rotatable bonds is 7. The van der Waals surface area contributed by atoms with E-state index in [-0.39, 0.29) is 6.03 Å². The van der Waals surface area contributed by atoms with Gasteiger partial charge in [0.1, 0.15) is 17.5 Å². The molecule has 3 aromatic rings. The Balaban J connectivity index is 1.29. The van der Waals surface area contributed by atoms with Crippen LogP contribution in [-0.2, 0) is 25.9 Å². The van der Waals surface area contributed by atoms with E-state index in [4.69, 9.17) is 0 Å². The minimum absolute atomic E-state index is 0.243. The van der Waals surface area contributed by atoms with E-state index in [2.05, 4.69) is 68.6 Å². The van der Waals surface area contributed by atoms with Crippen LogP contribution >= 0.6 is 0 Å². The van der Waals surface area contributed by atoms with Gasteiger partial charge in [-0.25, -0.2) is 9.48 Å². The molecule has 0 fully saturated rings. The third-order valence-electron chi connectivity index (χ3n) is 5.76. The number of carbonyl (C=O) groups is 1. The number of benzene rings is 1. The third-order valence-corrected chi connectivity index (χ3v) is 5.76. The molecule has 8 heteroatoms. The number of amides is 2. The highest BCUT2D eigenvalue weighted by atomic mass is 16.2. The fourth-order valence-electron chi connectivity index (χ4n) is 3.92. The van der Waals surface area contributed by atoms with Crippen LogP contribution in [0, 0.1) is 0 Å². The molecule has 2 N–H and O–H groups in total. The standard InChI is InChI=1S/C23H31N7O/c1-17(2)19-9-7-18(8-10-19)16-30-20(12-14-25-30)26-23(31)24-13-11-22-28-27-21-6-4-3-5-15-29(21)22/h7-10,12,14,17H,3-6,11,13,15-16H2,1-2H3,(H2,24,26,31). The monoisotopic (exact) mass is 421 g/mol. The van der Waals surface area contributed by atoms with Crippen LogP contribution in [0.25, 0.3) is 0 Å². The first-order chi connectivity index (χ1) is 15.1. The molecule has 0 aliphatic carbocycles. The number of aromatic nitrogens is 5. The quantitative estimate of drug-likeness (QED) is 0.608. The Hall–Kier alpha value is -3.16. The summed E-state index contributed by atoms with van der Waals surface area (Å²) in [5.74, 6) is 3.20. The van der Waals surface area contributed by atoms with Crippen LogP contribution < -0.4 is 10.6 Å². The maximum absolute atomic E-state index is 12.4. The molecule has 31 heavy (non-hydrogen) atoms. The molecule has 1 aliphatic rings. The average molecular weight is 422 g/mol. The molecule has 4 rings (SSSR count). The lowest BCUT2D eigenvalue weighted by atomic mass is 10.0. The fraction of sp³-hybridized carbons (Fsp3) is 0.478. The van der Waals surface area contributed by atoms with Crippen molar-refractivity contribution in [1.82, 2.24) is 29.9 Å². The van der Waals surface area contributed by atoms with Gasteiger partial charge in [0.2, 0.25) is 0 Å². The molecule has 0 spiro atoms. The number of carbonyl (C=O) groups excluding carboxylic acids is 1. The van der Waals surface area contributed by atoms with Gasteiger partial charge in [-0.05, 0) is 29.9 Å². The van der Waals surface area contributed by atoms with Gasteiger partial charge in [0, 0.05) is 32.0 Å². The second-order valence-electron chi connectivity index (χ2n) is 8.40. The second-order valence-corrected chi connectivity index (χ2v) is 8.40. The summed E-state index contributed by atoms with van der Waals surface area (Å²) in [6.45, 7) is 6.45. The van der Waals surface area contributed by atoms with Crippen LogP contribution in [-0.4, -0.2) is 37.1 Å². The summed E-state index contributed by atoms with van der Waals surface area (Å²) in [6.07, 6.45) is 6.93. The van der Waals surface area contributed by atoms with E-state index in [1.807, 2.05) is 0 Å². The maximum atomic E-state index is 12.4. The predicted octanol–water partition coefficient (Wildman–Crippen LogP) is 3.74. The zero-order valence-electron chi connectivity index (χ0n) is 18.3. The molecule has 0 radical (unpaired) electrons. The van der Waals surface area contributed by atoms with Gasteiger partial charge in [-0.15, -0.1) is 10.2 Å². The van der Waals surface area contributed by atoms with Crippen molar-refractivity contribution < 1.29 is 4.79 Å². The van der Waals surface area contributed by atoms with Gasteiger partial charge < -0.3 is 9.88 Å². The average Bonchev–Trinajstić information content (AvgIpc) is 3.27. The number of aryl methyl sites for hydroxylation is 1. The molecule has 0 saturated carbocycles. The molecule has 1 aromatic carbocycles. The van der Waals surface area contributed by atoms with Crippen LogP contribution in [0.2, 0.25) is 0 Å². The van der Waals surface area contributed by atoms with Gasteiger partial charge in [-0.3, -0.25) is 5.32 Å². The zero-order valence-corrected chi connectivity index (χ0v) is 18.3. The number of hydrogen-bond acceptors (Lipinski definition) is 4. The Morgan fingerprint density at radius 2 is 1.94 bits per heavy atom. The Labute approximate surface area is 183 Å². The van der Waals surface area contributed by atoms with Crippen molar-refractivity contribution in [2.45, 2.75) is 65.0 Å². The van der Waals surface area contributed by atoms with Crippen molar-refractivity contribution in [3.63, 3.8) is 0 Å². The van der Waals surface area contributed by atoms with Gasteiger partial charge in [-0.2, -0.15) is 5.10 Å². The molecule has 1 aliphatic heterocycles. The smallest absolute Gasteiger partial charge is 0.320 e. The number of nitrogens with zero attached hydrogens (tertiary/aromatic N) is 5. The molecule has 2 amide bonds. The summed E-state index contributed by atoms with van der Waals surface area (Å²) in [6, 6.07) is 10.1. The summed E-state index contributed by atoms with van der Waals surface area (Å²) >= 11 is 0. The molecule has 0 atom stereocenters. The van der Waals surface area contributed by atoms with Gasteiger partial charge in [0.15, 0.2) is 0 Å². The highest BCUT2D eigenvalue weighted by Crippen LogP contribution is 2.17. The molecule has 2 aromatic heterocycles. The first-order valence-electron chi connectivity index (χ1n) is 11.2. The number of anilines is 1. The predicted molar refractivity (Wildman–Crippen MR) is 120 cm³/mol. The number of urea groups is 1. The molecule has 0 unspecified atom stereocenters. The lowest BCUT2D eigenvalue weighted by Gasteiger charge is -2.11. The summed E-state index contributed by atoms with van der Waals surface area (Å²) in [7, 11) is 0. The number of fused-ring (bicyclic) bond motifs is 1. The highest BCUT2D eigenvalue weighted by Gasteiger charge is 2.15. The molecule has 0 saturated heterocycles. The van der Waals surface area contributed by atoms with Gasteiger partial charge in [-0.1, -0.05) is 44.5 Å². The largest absolute Gasteiger partial charge is 0.337 e. The molecule has 8 nitrogen and oxygen atoms in total. The molecular formula is C23H31N7O. The van der Waals surface area contributed by atoms with Crippen molar-refractivity contribution in [3.8, 4) is 0 Å². The second kappa shape index (κ2) is 9.76. The van der Waals surface area contributed by atoms with E-state index in [0.717, 1.165) is 36.6 Å². The first kappa shape index (κ1) is 21.1. The van der Waals surface area contributed by atoms with Crippen molar-refractivity contribution in [2.24, 2.45) is 0 Å². The van der Waals surface area contributed by atoms with Gasteiger partial charge in [0.05, 0.1) is 12.7 Å². The minimum Gasteiger partial charge on any atom is -0.337 e. The van der Waals surface area contributed by atoms with E-state index in [1.54, 1.807) is 16.9 Å².